The molecule has 0 spiro atoms. The van der Waals surface area contributed by atoms with Gasteiger partial charge in [-0.2, -0.15) is 5.26 Å². The molecule has 2 aliphatic carbocycles. The van der Waals surface area contributed by atoms with Gasteiger partial charge in [-0.3, -0.25) is 0 Å². The van der Waals surface area contributed by atoms with E-state index in [1.54, 1.807) is 0 Å². The molecule has 0 N–H and O–H groups in total. The molecular formula is C24H43NO. The van der Waals surface area contributed by atoms with Crippen LogP contribution in [0.15, 0.2) is 0 Å². The van der Waals surface area contributed by atoms with Crippen molar-refractivity contribution in [3.05, 3.63) is 0 Å². The standard InChI is InChI=1S/C24H43NO/c1-3-5-7-8-16-24(20-25)17-14-22(15-18-24)19-26-23-12-10-21(11-13-23)9-6-4-2/h21-23H,3-19H2,1-2H3/t21-,22-,23-,24-. The van der Waals surface area contributed by atoms with Crippen molar-refractivity contribution in [1.29, 1.82) is 5.26 Å². The van der Waals surface area contributed by atoms with Crippen molar-refractivity contribution < 1.29 is 4.74 Å². The zero-order valence-electron chi connectivity index (χ0n) is 17.6. The van der Waals surface area contributed by atoms with Crippen molar-refractivity contribution in [3.8, 4) is 6.07 Å². The van der Waals surface area contributed by atoms with Crippen LogP contribution in [0.3, 0.4) is 0 Å². The highest BCUT2D eigenvalue weighted by molar-refractivity contribution is 5.01. The van der Waals surface area contributed by atoms with Gasteiger partial charge in [-0.15, -0.1) is 0 Å². The molecule has 0 aromatic rings. The van der Waals surface area contributed by atoms with Gasteiger partial charge in [-0.05, 0) is 69.6 Å². The third kappa shape index (κ3) is 7.22. The molecule has 0 aromatic heterocycles. The van der Waals surface area contributed by atoms with E-state index in [1.165, 1.54) is 83.5 Å². The number of nitrogens with zero attached hydrogens (tertiary/aromatic N) is 1. The van der Waals surface area contributed by atoms with Gasteiger partial charge in [0.05, 0.1) is 17.6 Å². The van der Waals surface area contributed by atoms with Gasteiger partial charge >= 0.3 is 0 Å². The van der Waals surface area contributed by atoms with Crippen LogP contribution in [-0.4, -0.2) is 12.7 Å². The Labute approximate surface area is 163 Å². The molecular weight excluding hydrogens is 318 g/mol. The summed E-state index contributed by atoms with van der Waals surface area (Å²) in [6.07, 6.45) is 20.9. The second kappa shape index (κ2) is 12.0. The predicted molar refractivity (Wildman–Crippen MR) is 110 cm³/mol. The number of ether oxygens (including phenoxy) is 1. The lowest BCUT2D eigenvalue weighted by atomic mass is 9.69. The topological polar surface area (TPSA) is 33.0 Å². The molecule has 0 aliphatic heterocycles. The number of nitriles is 1. The van der Waals surface area contributed by atoms with Crippen molar-refractivity contribution in [2.75, 3.05) is 6.61 Å². The minimum atomic E-state index is -0.0123. The number of unbranched alkanes of at least 4 members (excludes halogenated alkanes) is 4. The Kier molecular flexibility index (Phi) is 10.1. The fourth-order valence-electron chi connectivity index (χ4n) is 5.06. The molecule has 0 heterocycles. The summed E-state index contributed by atoms with van der Waals surface area (Å²) in [5.74, 6) is 1.67. The first-order valence-electron chi connectivity index (χ1n) is 11.7. The number of hydrogen-bond donors (Lipinski definition) is 0. The molecule has 2 saturated carbocycles. The van der Waals surface area contributed by atoms with Gasteiger partial charge in [0, 0.05) is 6.61 Å². The first-order valence-corrected chi connectivity index (χ1v) is 11.7. The molecule has 0 aromatic carbocycles. The van der Waals surface area contributed by atoms with E-state index >= 15 is 0 Å². The summed E-state index contributed by atoms with van der Waals surface area (Å²) < 4.78 is 6.31. The average Bonchev–Trinajstić information content (AvgIpc) is 2.70. The Morgan fingerprint density at radius 2 is 1.54 bits per heavy atom. The first kappa shape index (κ1) is 21.7. The molecule has 2 fully saturated rings. The van der Waals surface area contributed by atoms with Crippen LogP contribution in [0.4, 0.5) is 0 Å². The molecule has 0 amide bonds. The number of hydrogen-bond acceptors (Lipinski definition) is 2. The molecule has 2 heteroatoms. The lowest BCUT2D eigenvalue weighted by Crippen LogP contribution is -2.30. The van der Waals surface area contributed by atoms with Crippen LogP contribution >= 0.6 is 0 Å². The van der Waals surface area contributed by atoms with Gasteiger partial charge in [0.15, 0.2) is 0 Å². The molecule has 0 atom stereocenters. The third-order valence-electron chi connectivity index (χ3n) is 7.14. The molecule has 0 unspecified atom stereocenters. The van der Waals surface area contributed by atoms with Gasteiger partial charge in [0.25, 0.3) is 0 Å². The summed E-state index contributed by atoms with van der Waals surface area (Å²) in [7, 11) is 0. The zero-order valence-corrected chi connectivity index (χ0v) is 17.6. The summed E-state index contributed by atoms with van der Waals surface area (Å²) in [5.41, 5.74) is -0.0123. The molecule has 0 radical (unpaired) electrons. The summed E-state index contributed by atoms with van der Waals surface area (Å²) in [6, 6.07) is 2.70. The van der Waals surface area contributed by atoms with Crippen LogP contribution in [0.5, 0.6) is 0 Å². The van der Waals surface area contributed by atoms with Gasteiger partial charge in [0.1, 0.15) is 0 Å². The summed E-state index contributed by atoms with van der Waals surface area (Å²) in [6.45, 7) is 5.50. The molecule has 2 aliphatic rings. The monoisotopic (exact) mass is 361 g/mol. The Morgan fingerprint density at radius 3 is 2.15 bits per heavy atom. The number of rotatable bonds is 11. The molecule has 2 rings (SSSR count). The largest absolute Gasteiger partial charge is 0.378 e. The summed E-state index contributed by atoms with van der Waals surface area (Å²) >= 11 is 0. The van der Waals surface area contributed by atoms with Gasteiger partial charge in [-0.1, -0.05) is 58.8 Å². The Hall–Kier alpha value is -0.550. The van der Waals surface area contributed by atoms with Crippen LogP contribution in [0, 0.1) is 28.6 Å². The molecule has 0 bridgehead atoms. The normalized spacial score (nSPS) is 32.3. The zero-order chi connectivity index (χ0) is 18.7. The first-order chi connectivity index (χ1) is 12.7. The predicted octanol–water partition coefficient (Wildman–Crippen LogP) is 7.42. The van der Waals surface area contributed by atoms with Crippen molar-refractivity contribution in [2.24, 2.45) is 17.3 Å². The van der Waals surface area contributed by atoms with E-state index in [4.69, 9.17) is 4.74 Å². The molecule has 2 nitrogen and oxygen atoms in total. The van der Waals surface area contributed by atoms with Gasteiger partial charge in [-0.25, -0.2) is 0 Å². The van der Waals surface area contributed by atoms with E-state index in [9.17, 15) is 5.26 Å². The van der Waals surface area contributed by atoms with Crippen LogP contribution in [0.2, 0.25) is 0 Å². The smallest absolute Gasteiger partial charge is 0.0689 e. The highest BCUT2D eigenvalue weighted by atomic mass is 16.5. The Morgan fingerprint density at radius 1 is 0.846 bits per heavy atom. The molecule has 26 heavy (non-hydrogen) atoms. The molecule has 0 saturated heterocycles. The Balaban J connectivity index is 1.60. The Bertz CT molecular complexity index is 397. The maximum absolute atomic E-state index is 9.72. The van der Waals surface area contributed by atoms with Gasteiger partial charge in [0.2, 0.25) is 0 Å². The fraction of sp³-hybridized carbons (Fsp3) is 0.958. The van der Waals surface area contributed by atoms with Crippen molar-refractivity contribution in [2.45, 2.75) is 123 Å². The summed E-state index contributed by atoms with van der Waals surface area (Å²) in [5, 5.41) is 9.72. The van der Waals surface area contributed by atoms with E-state index < -0.39 is 0 Å². The van der Waals surface area contributed by atoms with Crippen LogP contribution in [-0.2, 0) is 4.74 Å². The highest BCUT2D eigenvalue weighted by Gasteiger charge is 2.35. The quantitative estimate of drug-likeness (QED) is 0.359. The van der Waals surface area contributed by atoms with Crippen LogP contribution in [0.1, 0.15) is 117 Å². The fourth-order valence-corrected chi connectivity index (χ4v) is 5.06. The van der Waals surface area contributed by atoms with Gasteiger partial charge < -0.3 is 4.74 Å². The lowest BCUT2D eigenvalue weighted by Gasteiger charge is -2.36. The van der Waals surface area contributed by atoms with E-state index in [2.05, 4.69) is 19.9 Å². The lowest BCUT2D eigenvalue weighted by molar-refractivity contribution is -0.0134. The van der Waals surface area contributed by atoms with Crippen molar-refractivity contribution in [3.63, 3.8) is 0 Å². The third-order valence-corrected chi connectivity index (χ3v) is 7.14. The van der Waals surface area contributed by atoms with E-state index in [1.807, 2.05) is 0 Å². The second-order valence-electron chi connectivity index (χ2n) is 9.26. The maximum Gasteiger partial charge on any atom is 0.0689 e. The van der Waals surface area contributed by atoms with Crippen LogP contribution < -0.4 is 0 Å². The average molecular weight is 362 g/mol. The SMILES string of the molecule is CCCCCC[C@]1(C#N)CC[C@H](CO[C@H]2CC[C@H](CCCC)CC2)CC1. The second-order valence-corrected chi connectivity index (χ2v) is 9.26. The minimum Gasteiger partial charge on any atom is -0.378 e. The van der Waals surface area contributed by atoms with E-state index in [0.29, 0.717) is 12.0 Å². The van der Waals surface area contributed by atoms with E-state index in [-0.39, 0.29) is 5.41 Å². The van der Waals surface area contributed by atoms with Crippen LogP contribution in [0.25, 0.3) is 0 Å². The van der Waals surface area contributed by atoms with Crippen molar-refractivity contribution in [1.82, 2.24) is 0 Å². The summed E-state index contributed by atoms with van der Waals surface area (Å²) in [4.78, 5) is 0. The maximum atomic E-state index is 9.72. The van der Waals surface area contributed by atoms with Crippen molar-refractivity contribution >= 4 is 0 Å². The minimum absolute atomic E-state index is 0.0123. The highest BCUT2D eigenvalue weighted by Crippen LogP contribution is 2.42. The van der Waals surface area contributed by atoms with E-state index in [0.717, 1.165) is 31.8 Å². The molecule has 150 valence electrons.